The first-order chi connectivity index (χ1) is 10.1. The lowest BCUT2D eigenvalue weighted by Gasteiger charge is -2.27. The number of ether oxygens (including phenoxy) is 2. The molecule has 0 aliphatic rings. The average Bonchev–Trinajstić information content (AvgIpc) is 2.46. The molecule has 1 atom stereocenters. The summed E-state index contributed by atoms with van der Waals surface area (Å²) in [6.07, 6.45) is 14.3. The van der Waals surface area contributed by atoms with Crippen LogP contribution in [0.5, 0.6) is 0 Å². The van der Waals surface area contributed by atoms with Crippen LogP contribution in [0.2, 0.25) is 0 Å². The quantitative estimate of drug-likeness (QED) is 0.339. The Morgan fingerprint density at radius 3 is 1.67 bits per heavy atom. The molecule has 0 bridgehead atoms. The van der Waals surface area contributed by atoms with Gasteiger partial charge in [-0.2, -0.15) is 0 Å². The van der Waals surface area contributed by atoms with Crippen molar-refractivity contribution in [3.05, 3.63) is 0 Å². The van der Waals surface area contributed by atoms with E-state index >= 15 is 0 Å². The predicted molar refractivity (Wildman–Crippen MR) is 89.5 cm³/mol. The van der Waals surface area contributed by atoms with Gasteiger partial charge in [0, 0.05) is 20.6 Å². The van der Waals surface area contributed by atoms with Gasteiger partial charge in [-0.15, -0.1) is 0 Å². The largest absolute Gasteiger partial charge is 0.390 e. The van der Waals surface area contributed by atoms with Gasteiger partial charge >= 0.3 is 0 Å². The third-order valence-electron chi connectivity index (χ3n) is 4.20. The first kappa shape index (κ1) is 20.9. The minimum Gasteiger partial charge on any atom is -0.390 e. The Bertz CT molecular complexity index is 213. The first-order valence-electron chi connectivity index (χ1n) is 8.83. The highest BCUT2D eigenvalue weighted by Crippen LogP contribution is 2.22. The van der Waals surface area contributed by atoms with Crippen molar-refractivity contribution in [1.29, 1.82) is 0 Å². The third kappa shape index (κ3) is 13.3. The van der Waals surface area contributed by atoms with Gasteiger partial charge in [0.15, 0.2) is 6.29 Å². The number of unbranched alkanes of at least 4 members (excludes halogenated alkanes) is 9. The average molecular weight is 302 g/mol. The summed E-state index contributed by atoms with van der Waals surface area (Å²) in [5.41, 5.74) is -0.684. The van der Waals surface area contributed by atoms with Gasteiger partial charge in [-0.25, -0.2) is 0 Å². The molecule has 0 aromatic carbocycles. The van der Waals surface area contributed by atoms with Gasteiger partial charge in [0.05, 0.1) is 5.60 Å². The van der Waals surface area contributed by atoms with E-state index in [2.05, 4.69) is 6.92 Å². The van der Waals surface area contributed by atoms with Crippen LogP contribution in [-0.2, 0) is 9.47 Å². The molecule has 0 fully saturated rings. The summed E-state index contributed by atoms with van der Waals surface area (Å²) in [5, 5.41) is 10.3. The van der Waals surface area contributed by atoms with E-state index < -0.39 is 5.60 Å². The number of rotatable bonds is 15. The number of hydrogen-bond acceptors (Lipinski definition) is 3. The molecule has 128 valence electrons. The van der Waals surface area contributed by atoms with E-state index in [9.17, 15) is 5.11 Å². The maximum atomic E-state index is 10.3. The van der Waals surface area contributed by atoms with E-state index in [0.717, 1.165) is 12.8 Å². The normalized spacial score (nSPS) is 14.6. The van der Waals surface area contributed by atoms with E-state index in [1.165, 1.54) is 57.8 Å². The second kappa shape index (κ2) is 13.5. The van der Waals surface area contributed by atoms with E-state index in [4.69, 9.17) is 9.47 Å². The lowest BCUT2D eigenvalue weighted by Crippen LogP contribution is -2.31. The van der Waals surface area contributed by atoms with Gasteiger partial charge < -0.3 is 14.6 Å². The molecule has 0 saturated heterocycles. The van der Waals surface area contributed by atoms with Gasteiger partial charge in [0.2, 0.25) is 0 Å². The molecule has 0 aliphatic carbocycles. The van der Waals surface area contributed by atoms with E-state index in [1.54, 1.807) is 14.2 Å². The fourth-order valence-electron chi connectivity index (χ4n) is 2.72. The Morgan fingerprint density at radius 2 is 1.24 bits per heavy atom. The monoisotopic (exact) mass is 302 g/mol. The van der Waals surface area contributed by atoms with Crippen LogP contribution in [-0.4, -0.2) is 31.2 Å². The molecular weight excluding hydrogens is 264 g/mol. The van der Waals surface area contributed by atoms with Crippen LogP contribution < -0.4 is 0 Å². The van der Waals surface area contributed by atoms with Crippen LogP contribution in [0.15, 0.2) is 0 Å². The van der Waals surface area contributed by atoms with Gasteiger partial charge in [-0.05, 0) is 13.3 Å². The summed E-state index contributed by atoms with van der Waals surface area (Å²) in [5.74, 6) is 0. The van der Waals surface area contributed by atoms with Crippen LogP contribution in [0.1, 0.15) is 90.9 Å². The predicted octanol–water partition coefficient (Wildman–Crippen LogP) is 5.06. The summed E-state index contributed by atoms with van der Waals surface area (Å²) < 4.78 is 10.3. The van der Waals surface area contributed by atoms with Crippen LogP contribution in [0.4, 0.5) is 0 Å². The Labute approximate surface area is 132 Å². The summed E-state index contributed by atoms with van der Waals surface area (Å²) in [6.45, 7) is 4.14. The third-order valence-corrected chi connectivity index (χ3v) is 4.20. The Balaban J connectivity index is 3.44. The molecule has 3 heteroatoms. The van der Waals surface area contributed by atoms with Crippen LogP contribution >= 0.6 is 0 Å². The minimum absolute atomic E-state index is 0.303. The Morgan fingerprint density at radius 1 is 0.810 bits per heavy atom. The van der Waals surface area contributed by atoms with E-state index in [-0.39, 0.29) is 6.29 Å². The number of hydrogen-bond donors (Lipinski definition) is 1. The fourth-order valence-corrected chi connectivity index (χ4v) is 2.72. The van der Waals surface area contributed by atoms with E-state index in [1.807, 2.05) is 6.92 Å². The van der Waals surface area contributed by atoms with Gasteiger partial charge in [0.25, 0.3) is 0 Å². The molecule has 0 aromatic rings. The van der Waals surface area contributed by atoms with Crippen LogP contribution in [0, 0.1) is 0 Å². The molecule has 1 unspecified atom stereocenters. The first-order valence-corrected chi connectivity index (χ1v) is 8.83. The number of aliphatic hydroxyl groups is 1. The molecular formula is C18H38O3. The zero-order valence-electron chi connectivity index (χ0n) is 14.8. The summed E-state index contributed by atoms with van der Waals surface area (Å²) in [6, 6.07) is 0. The van der Waals surface area contributed by atoms with Crippen molar-refractivity contribution in [3.8, 4) is 0 Å². The number of methoxy groups -OCH3 is 2. The molecule has 0 aromatic heterocycles. The summed E-state index contributed by atoms with van der Waals surface area (Å²) in [4.78, 5) is 0. The maximum absolute atomic E-state index is 10.3. The Hall–Kier alpha value is -0.120. The zero-order chi connectivity index (χ0) is 16.0. The molecule has 3 nitrogen and oxygen atoms in total. The van der Waals surface area contributed by atoms with Crippen LogP contribution in [0.25, 0.3) is 0 Å². The molecule has 0 heterocycles. The molecule has 1 N–H and O–H groups in total. The van der Waals surface area contributed by atoms with Gasteiger partial charge in [-0.3, -0.25) is 0 Å². The highest BCUT2D eigenvalue weighted by molar-refractivity contribution is 4.74. The highest BCUT2D eigenvalue weighted by atomic mass is 16.7. The smallest absolute Gasteiger partial charge is 0.159 e. The highest BCUT2D eigenvalue weighted by Gasteiger charge is 2.24. The van der Waals surface area contributed by atoms with Gasteiger partial charge in [0.1, 0.15) is 0 Å². The summed E-state index contributed by atoms with van der Waals surface area (Å²) in [7, 11) is 3.23. The van der Waals surface area contributed by atoms with Crippen molar-refractivity contribution < 1.29 is 14.6 Å². The van der Waals surface area contributed by atoms with Crippen molar-refractivity contribution >= 4 is 0 Å². The van der Waals surface area contributed by atoms with E-state index in [0.29, 0.717) is 6.42 Å². The standard InChI is InChI=1S/C18H38O3/c1-5-6-7-8-9-10-11-12-13-14-15-18(2,19)16-17(20-3)21-4/h17,19H,5-16H2,1-4H3. The lowest BCUT2D eigenvalue weighted by molar-refractivity contribution is -0.141. The molecule has 0 aliphatic heterocycles. The molecule has 0 saturated carbocycles. The van der Waals surface area contributed by atoms with Crippen molar-refractivity contribution in [3.63, 3.8) is 0 Å². The lowest BCUT2D eigenvalue weighted by atomic mass is 9.94. The van der Waals surface area contributed by atoms with Crippen molar-refractivity contribution in [2.24, 2.45) is 0 Å². The molecule has 0 amide bonds. The molecule has 0 spiro atoms. The van der Waals surface area contributed by atoms with Crippen molar-refractivity contribution in [2.45, 2.75) is 103 Å². The molecule has 0 rings (SSSR count). The van der Waals surface area contributed by atoms with Crippen LogP contribution in [0.3, 0.4) is 0 Å². The topological polar surface area (TPSA) is 38.7 Å². The molecule has 21 heavy (non-hydrogen) atoms. The van der Waals surface area contributed by atoms with Crippen molar-refractivity contribution in [2.75, 3.05) is 14.2 Å². The fraction of sp³-hybridized carbons (Fsp3) is 1.00. The van der Waals surface area contributed by atoms with Gasteiger partial charge in [-0.1, -0.05) is 71.1 Å². The second-order valence-corrected chi connectivity index (χ2v) is 6.53. The SMILES string of the molecule is CCCCCCCCCCCCC(C)(O)CC(OC)OC. The summed E-state index contributed by atoms with van der Waals surface area (Å²) >= 11 is 0. The molecule has 0 radical (unpaired) electrons. The maximum Gasteiger partial charge on any atom is 0.159 e. The zero-order valence-corrected chi connectivity index (χ0v) is 14.8. The minimum atomic E-state index is -0.684. The van der Waals surface area contributed by atoms with Crippen molar-refractivity contribution in [1.82, 2.24) is 0 Å². The Kier molecular flexibility index (Phi) is 13.5. The second-order valence-electron chi connectivity index (χ2n) is 6.53.